The summed E-state index contributed by atoms with van der Waals surface area (Å²) in [4.78, 5) is 28.6. The standard InChI is InChI=1S/C21H27N3O2/c1-14(2)17-9-7-10-18(15(3)4)21(17)24-20(26)12-19(25)23-13-16-8-5-6-11-22-16/h5-11,14-15H,12-13H2,1-4H3,(H,23,25)(H,24,26). The van der Waals surface area contributed by atoms with Crippen molar-refractivity contribution >= 4 is 17.5 Å². The fraction of sp³-hybridized carbons (Fsp3) is 0.381. The first-order valence-corrected chi connectivity index (χ1v) is 8.97. The lowest BCUT2D eigenvalue weighted by molar-refractivity contribution is -0.126. The van der Waals surface area contributed by atoms with Crippen LogP contribution in [0, 0.1) is 0 Å². The Morgan fingerprint density at radius 1 is 0.923 bits per heavy atom. The number of rotatable bonds is 7. The highest BCUT2D eigenvalue weighted by Crippen LogP contribution is 2.32. The maximum absolute atomic E-state index is 12.4. The highest BCUT2D eigenvalue weighted by Gasteiger charge is 2.17. The van der Waals surface area contributed by atoms with E-state index in [9.17, 15) is 9.59 Å². The first-order chi connectivity index (χ1) is 12.4. The zero-order valence-electron chi connectivity index (χ0n) is 15.9. The molecule has 0 aliphatic carbocycles. The van der Waals surface area contributed by atoms with Gasteiger partial charge in [0.1, 0.15) is 6.42 Å². The van der Waals surface area contributed by atoms with Crippen molar-refractivity contribution in [1.82, 2.24) is 10.3 Å². The van der Waals surface area contributed by atoms with Crippen LogP contribution in [0.2, 0.25) is 0 Å². The number of carbonyl (C=O) groups is 2. The second kappa shape index (κ2) is 9.13. The topological polar surface area (TPSA) is 71.1 Å². The Labute approximate surface area is 155 Å². The van der Waals surface area contributed by atoms with Crippen LogP contribution in [0.3, 0.4) is 0 Å². The molecule has 1 heterocycles. The molecule has 0 unspecified atom stereocenters. The van der Waals surface area contributed by atoms with Crippen LogP contribution in [0.25, 0.3) is 0 Å². The molecular formula is C21H27N3O2. The Hall–Kier alpha value is -2.69. The van der Waals surface area contributed by atoms with Crippen molar-refractivity contribution in [3.63, 3.8) is 0 Å². The number of carbonyl (C=O) groups excluding carboxylic acids is 2. The van der Waals surface area contributed by atoms with Gasteiger partial charge in [-0.2, -0.15) is 0 Å². The van der Waals surface area contributed by atoms with Crippen molar-refractivity contribution in [1.29, 1.82) is 0 Å². The van der Waals surface area contributed by atoms with Gasteiger partial charge in [-0.15, -0.1) is 0 Å². The molecule has 138 valence electrons. The Bertz CT molecular complexity index is 729. The fourth-order valence-electron chi connectivity index (χ4n) is 2.78. The van der Waals surface area contributed by atoms with Gasteiger partial charge in [0.2, 0.25) is 11.8 Å². The van der Waals surface area contributed by atoms with Crippen LogP contribution in [0.15, 0.2) is 42.6 Å². The molecular weight excluding hydrogens is 326 g/mol. The lowest BCUT2D eigenvalue weighted by Crippen LogP contribution is -2.28. The number of benzene rings is 1. The van der Waals surface area contributed by atoms with Gasteiger partial charge in [-0.3, -0.25) is 14.6 Å². The Kier molecular flexibility index (Phi) is 6.89. The third-order valence-corrected chi connectivity index (χ3v) is 4.15. The fourth-order valence-corrected chi connectivity index (χ4v) is 2.78. The molecule has 2 aromatic rings. The van der Waals surface area contributed by atoms with E-state index in [1.165, 1.54) is 0 Å². The monoisotopic (exact) mass is 353 g/mol. The van der Waals surface area contributed by atoms with Gasteiger partial charge in [0.25, 0.3) is 0 Å². The summed E-state index contributed by atoms with van der Waals surface area (Å²) in [5.74, 6) is -0.0660. The summed E-state index contributed by atoms with van der Waals surface area (Å²) in [6, 6.07) is 11.6. The number of pyridine rings is 1. The van der Waals surface area contributed by atoms with Crippen LogP contribution in [0.1, 0.15) is 62.8 Å². The molecule has 2 N–H and O–H groups in total. The first kappa shape index (κ1) is 19.6. The van der Waals surface area contributed by atoms with Gasteiger partial charge in [-0.05, 0) is 35.1 Å². The average Bonchev–Trinajstić information content (AvgIpc) is 2.60. The predicted octanol–water partition coefficient (Wildman–Crippen LogP) is 3.97. The molecule has 0 aliphatic rings. The van der Waals surface area contributed by atoms with E-state index in [1.54, 1.807) is 6.20 Å². The molecule has 0 saturated heterocycles. The van der Waals surface area contributed by atoms with Gasteiger partial charge in [0, 0.05) is 11.9 Å². The maximum atomic E-state index is 12.4. The van der Waals surface area contributed by atoms with E-state index < -0.39 is 0 Å². The van der Waals surface area contributed by atoms with E-state index >= 15 is 0 Å². The zero-order valence-corrected chi connectivity index (χ0v) is 15.9. The summed E-state index contributed by atoms with van der Waals surface area (Å²) < 4.78 is 0. The number of aromatic nitrogens is 1. The van der Waals surface area contributed by atoms with Crippen molar-refractivity contribution in [2.75, 3.05) is 5.32 Å². The molecule has 5 heteroatoms. The summed E-state index contributed by atoms with van der Waals surface area (Å²) in [5.41, 5.74) is 3.76. The van der Waals surface area contributed by atoms with Crippen LogP contribution >= 0.6 is 0 Å². The van der Waals surface area contributed by atoms with Crippen molar-refractivity contribution in [3.8, 4) is 0 Å². The highest BCUT2D eigenvalue weighted by molar-refractivity contribution is 6.04. The number of anilines is 1. The van der Waals surface area contributed by atoms with E-state index in [1.807, 2.05) is 36.4 Å². The molecule has 1 aromatic carbocycles. The van der Waals surface area contributed by atoms with E-state index in [4.69, 9.17) is 0 Å². The lowest BCUT2D eigenvalue weighted by atomic mass is 9.92. The van der Waals surface area contributed by atoms with Crippen molar-refractivity contribution in [3.05, 3.63) is 59.4 Å². The van der Waals surface area contributed by atoms with E-state index in [0.717, 1.165) is 22.5 Å². The van der Waals surface area contributed by atoms with Crippen LogP contribution in [0.4, 0.5) is 5.69 Å². The minimum absolute atomic E-state index is 0.212. The van der Waals surface area contributed by atoms with Gasteiger partial charge >= 0.3 is 0 Å². The number of nitrogens with one attached hydrogen (secondary N) is 2. The quantitative estimate of drug-likeness (QED) is 0.740. The molecule has 0 fully saturated rings. The van der Waals surface area contributed by atoms with Crippen molar-refractivity contribution in [2.24, 2.45) is 0 Å². The normalized spacial score (nSPS) is 10.8. The molecule has 5 nitrogen and oxygen atoms in total. The third-order valence-electron chi connectivity index (χ3n) is 4.15. The molecule has 0 saturated carbocycles. The molecule has 26 heavy (non-hydrogen) atoms. The van der Waals surface area contributed by atoms with Crippen molar-refractivity contribution in [2.45, 2.75) is 52.5 Å². The molecule has 0 aliphatic heterocycles. The molecule has 0 atom stereocenters. The Morgan fingerprint density at radius 3 is 2.12 bits per heavy atom. The summed E-state index contributed by atoms with van der Waals surface area (Å²) in [7, 11) is 0. The SMILES string of the molecule is CC(C)c1cccc(C(C)C)c1NC(=O)CC(=O)NCc1ccccn1. The second-order valence-corrected chi connectivity index (χ2v) is 6.94. The Balaban J connectivity index is 2.02. The highest BCUT2D eigenvalue weighted by atomic mass is 16.2. The van der Waals surface area contributed by atoms with Crippen LogP contribution in [-0.2, 0) is 16.1 Å². The Morgan fingerprint density at radius 2 is 1.58 bits per heavy atom. The summed E-state index contributed by atoms with van der Waals surface area (Å²) >= 11 is 0. The van der Waals surface area contributed by atoms with Gasteiger partial charge in [-0.25, -0.2) is 0 Å². The first-order valence-electron chi connectivity index (χ1n) is 8.97. The number of amides is 2. The minimum atomic E-state index is -0.318. The lowest BCUT2D eigenvalue weighted by Gasteiger charge is -2.20. The minimum Gasteiger partial charge on any atom is -0.350 e. The largest absolute Gasteiger partial charge is 0.350 e. The molecule has 0 spiro atoms. The molecule has 0 bridgehead atoms. The van der Waals surface area contributed by atoms with Gasteiger partial charge in [0.15, 0.2) is 0 Å². The zero-order chi connectivity index (χ0) is 19.1. The van der Waals surface area contributed by atoms with E-state index in [-0.39, 0.29) is 30.1 Å². The predicted molar refractivity (Wildman–Crippen MR) is 104 cm³/mol. The maximum Gasteiger partial charge on any atom is 0.233 e. The van der Waals surface area contributed by atoms with Crippen LogP contribution < -0.4 is 10.6 Å². The number of nitrogens with zero attached hydrogens (tertiary/aromatic N) is 1. The number of para-hydroxylation sites is 1. The second-order valence-electron chi connectivity index (χ2n) is 6.94. The van der Waals surface area contributed by atoms with Gasteiger partial charge < -0.3 is 10.6 Å². The molecule has 1 aromatic heterocycles. The van der Waals surface area contributed by atoms with Gasteiger partial charge in [0.05, 0.1) is 12.2 Å². The number of hydrogen-bond donors (Lipinski definition) is 2. The van der Waals surface area contributed by atoms with Crippen LogP contribution in [0.5, 0.6) is 0 Å². The van der Waals surface area contributed by atoms with Crippen molar-refractivity contribution < 1.29 is 9.59 Å². The smallest absolute Gasteiger partial charge is 0.233 e. The molecule has 2 rings (SSSR count). The molecule has 0 radical (unpaired) electrons. The summed E-state index contributed by atoms with van der Waals surface area (Å²) in [5, 5.41) is 5.68. The van der Waals surface area contributed by atoms with Gasteiger partial charge in [-0.1, -0.05) is 52.0 Å². The third kappa shape index (κ3) is 5.41. The van der Waals surface area contributed by atoms with Crippen LogP contribution in [-0.4, -0.2) is 16.8 Å². The van der Waals surface area contributed by atoms with E-state index in [0.29, 0.717) is 6.54 Å². The summed E-state index contributed by atoms with van der Waals surface area (Å²) in [6.07, 6.45) is 1.46. The summed E-state index contributed by atoms with van der Waals surface area (Å²) in [6.45, 7) is 8.68. The average molecular weight is 353 g/mol. The number of hydrogen-bond acceptors (Lipinski definition) is 3. The van der Waals surface area contributed by atoms with E-state index in [2.05, 4.69) is 43.3 Å². The molecule has 2 amide bonds.